The van der Waals surface area contributed by atoms with Gasteiger partial charge in [-0.2, -0.15) is 0 Å². The van der Waals surface area contributed by atoms with Gasteiger partial charge in [0.2, 0.25) is 0 Å². The largest absolute Gasteiger partial charge is 0.373 e. The Labute approximate surface area is 144 Å². The smallest absolute Gasteiger partial charge is 0.295 e. The molecule has 7 heteroatoms. The third-order valence-electron chi connectivity index (χ3n) is 4.37. The topological polar surface area (TPSA) is 58.4 Å². The summed E-state index contributed by atoms with van der Waals surface area (Å²) in [7, 11) is 0. The highest BCUT2D eigenvalue weighted by Gasteiger charge is 2.26. The van der Waals surface area contributed by atoms with Gasteiger partial charge in [-0.15, -0.1) is 0 Å². The van der Waals surface area contributed by atoms with Gasteiger partial charge in [0.25, 0.3) is 5.69 Å². The van der Waals surface area contributed by atoms with Gasteiger partial charge in [0.1, 0.15) is 0 Å². The predicted octanol–water partition coefficient (Wildman–Crippen LogP) is 3.95. The Bertz CT molecular complexity index is 755. The Morgan fingerprint density at radius 2 is 1.96 bits per heavy atom. The number of nitrogens with zero attached hydrogens (tertiary/aromatic N) is 2. The molecule has 1 aliphatic rings. The summed E-state index contributed by atoms with van der Waals surface area (Å²) < 4.78 is 27.6. The Morgan fingerprint density at radius 3 is 2.68 bits per heavy atom. The SMILES string of the molecule is O=[N+]([O-])c1ccc(F)c(F)c1NC1CCCN(Cc2ccccc2)C1. The molecule has 0 amide bonds. The number of piperidine rings is 1. The van der Waals surface area contributed by atoms with E-state index in [9.17, 15) is 18.9 Å². The van der Waals surface area contributed by atoms with E-state index in [4.69, 9.17) is 0 Å². The number of hydrogen-bond acceptors (Lipinski definition) is 4. The summed E-state index contributed by atoms with van der Waals surface area (Å²) in [6.45, 7) is 2.27. The van der Waals surface area contributed by atoms with Crippen molar-refractivity contribution in [3.8, 4) is 0 Å². The van der Waals surface area contributed by atoms with E-state index in [1.54, 1.807) is 0 Å². The van der Waals surface area contributed by atoms with Crippen molar-refractivity contribution in [2.24, 2.45) is 0 Å². The Kier molecular flexibility index (Phi) is 5.23. The Morgan fingerprint density at radius 1 is 1.20 bits per heavy atom. The zero-order valence-electron chi connectivity index (χ0n) is 13.6. The summed E-state index contributed by atoms with van der Waals surface area (Å²) >= 11 is 0. The summed E-state index contributed by atoms with van der Waals surface area (Å²) in [4.78, 5) is 12.6. The number of nitro benzene ring substituents is 1. The quantitative estimate of drug-likeness (QED) is 0.657. The van der Waals surface area contributed by atoms with Crippen LogP contribution in [0.1, 0.15) is 18.4 Å². The molecule has 1 heterocycles. The van der Waals surface area contributed by atoms with Gasteiger partial charge in [-0.05, 0) is 31.0 Å². The molecule has 1 aliphatic heterocycles. The van der Waals surface area contributed by atoms with Crippen molar-refractivity contribution < 1.29 is 13.7 Å². The number of rotatable bonds is 5. The molecule has 132 valence electrons. The van der Waals surface area contributed by atoms with Crippen molar-refractivity contribution in [3.63, 3.8) is 0 Å². The lowest BCUT2D eigenvalue weighted by atomic mass is 10.0. The van der Waals surface area contributed by atoms with Crippen molar-refractivity contribution in [2.75, 3.05) is 18.4 Å². The first kappa shape index (κ1) is 17.3. The van der Waals surface area contributed by atoms with Gasteiger partial charge in [0.05, 0.1) is 4.92 Å². The molecule has 0 bridgehead atoms. The second-order valence-corrected chi connectivity index (χ2v) is 6.22. The number of anilines is 1. The Balaban J connectivity index is 1.73. The molecule has 3 rings (SSSR count). The molecular formula is C18H19F2N3O2. The summed E-state index contributed by atoms with van der Waals surface area (Å²) in [5, 5.41) is 14.0. The second kappa shape index (κ2) is 7.57. The van der Waals surface area contributed by atoms with Crippen molar-refractivity contribution in [1.82, 2.24) is 4.90 Å². The standard InChI is InChI=1S/C18H19F2N3O2/c19-15-8-9-16(23(24)25)18(17(15)20)21-14-7-4-10-22(12-14)11-13-5-2-1-3-6-13/h1-3,5-6,8-9,14,21H,4,7,10-12H2. The predicted molar refractivity (Wildman–Crippen MR) is 91.4 cm³/mol. The first-order valence-corrected chi connectivity index (χ1v) is 8.20. The molecule has 1 unspecified atom stereocenters. The van der Waals surface area contributed by atoms with Gasteiger partial charge in [-0.3, -0.25) is 15.0 Å². The second-order valence-electron chi connectivity index (χ2n) is 6.22. The average Bonchev–Trinajstić information content (AvgIpc) is 2.60. The molecular weight excluding hydrogens is 328 g/mol. The first-order valence-electron chi connectivity index (χ1n) is 8.20. The lowest BCUT2D eigenvalue weighted by Crippen LogP contribution is -2.41. The third-order valence-corrected chi connectivity index (χ3v) is 4.37. The zero-order valence-corrected chi connectivity index (χ0v) is 13.6. The van der Waals surface area contributed by atoms with Gasteiger partial charge in [0.15, 0.2) is 17.3 Å². The molecule has 25 heavy (non-hydrogen) atoms. The lowest BCUT2D eigenvalue weighted by molar-refractivity contribution is -0.384. The minimum absolute atomic E-state index is 0.174. The summed E-state index contributed by atoms with van der Waals surface area (Å²) in [5.41, 5.74) is 0.363. The van der Waals surface area contributed by atoms with E-state index in [-0.39, 0.29) is 11.7 Å². The van der Waals surface area contributed by atoms with Crippen molar-refractivity contribution in [1.29, 1.82) is 0 Å². The van der Waals surface area contributed by atoms with Gasteiger partial charge < -0.3 is 5.32 Å². The summed E-state index contributed by atoms with van der Waals surface area (Å²) in [6.07, 6.45) is 1.63. The van der Waals surface area contributed by atoms with E-state index < -0.39 is 22.2 Å². The van der Waals surface area contributed by atoms with Crippen LogP contribution in [0, 0.1) is 21.7 Å². The van der Waals surface area contributed by atoms with Crippen LogP contribution in [0.15, 0.2) is 42.5 Å². The number of nitrogens with one attached hydrogen (secondary N) is 1. The van der Waals surface area contributed by atoms with Gasteiger partial charge in [0, 0.05) is 25.2 Å². The first-order chi connectivity index (χ1) is 12.0. The molecule has 2 aromatic rings. The normalized spacial score (nSPS) is 18.1. The zero-order chi connectivity index (χ0) is 17.8. The fraction of sp³-hybridized carbons (Fsp3) is 0.333. The van der Waals surface area contributed by atoms with Crippen LogP contribution in [0.3, 0.4) is 0 Å². The average molecular weight is 347 g/mol. The minimum atomic E-state index is -1.20. The molecule has 0 radical (unpaired) electrons. The molecule has 0 saturated carbocycles. The number of halogens is 2. The third kappa shape index (κ3) is 4.11. The molecule has 0 aromatic heterocycles. The minimum Gasteiger partial charge on any atom is -0.373 e. The molecule has 0 spiro atoms. The van der Waals surface area contributed by atoms with Crippen molar-refractivity contribution in [3.05, 3.63) is 69.8 Å². The number of hydrogen-bond donors (Lipinski definition) is 1. The van der Waals surface area contributed by atoms with Crippen LogP contribution in [0.2, 0.25) is 0 Å². The maximum absolute atomic E-state index is 14.1. The van der Waals surface area contributed by atoms with Gasteiger partial charge >= 0.3 is 0 Å². The molecule has 0 aliphatic carbocycles. The van der Waals surface area contributed by atoms with Crippen LogP contribution in [-0.4, -0.2) is 29.0 Å². The number of nitro groups is 1. The van der Waals surface area contributed by atoms with E-state index in [1.165, 1.54) is 5.56 Å². The van der Waals surface area contributed by atoms with Crippen LogP contribution in [0.5, 0.6) is 0 Å². The van der Waals surface area contributed by atoms with E-state index in [2.05, 4.69) is 10.2 Å². The van der Waals surface area contributed by atoms with Crippen LogP contribution < -0.4 is 5.32 Å². The number of benzene rings is 2. The highest BCUT2D eigenvalue weighted by atomic mass is 19.2. The summed E-state index contributed by atoms with van der Waals surface area (Å²) in [5.74, 6) is -2.29. The maximum Gasteiger partial charge on any atom is 0.295 e. The molecule has 1 fully saturated rings. The molecule has 2 aromatic carbocycles. The lowest BCUT2D eigenvalue weighted by Gasteiger charge is -2.33. The molecule has 1 saturated heterocycles. The van der Waals surface area contributed by atoms with Crippen molar-refractivity contribution >= 4 is 11.4 Å². The highest BCUT2D eigenvalue weighted by Crippen LogP contribution is 2.31. The maximum atomic E-state index is 14.1. The van der Waals surface area contributed by atoms with Crippen LogP contribution >= 0.6 is 0 Å². The van der Waals surface area contributed by atoms with Gasteiger partial charge in [-0.1, -0.05) is 30.3 Å². The molecule has 1 atom stereocenters. The van der Waals surface area contributed by atoms with E-state index in [1.807, 2.05) is 30.3 Å². The van der Waals surface area contributed by atoms with Crippen molar-refractivity contribution in [2.45, 2.75) is 25.4 Å². The van der Waals surface area contributed by atoms with Crippen LogP contribution in [-0.2, 0) is 6.54 Å². The van der Waals surface area contributed by atoms with Crippen LogP contribution in [0.4, 0.5) is 20.2 Å². The van der Waals surface area contributed by atoms with E-state index >= 15 is 0 Å². The fourth-order valence-corrected chi connectivity index (χ4v) is 3.19. The van der Waals surface area contributed by atoms with E-state index in [0.717, 1.165) is 38.1 Å². The summed E-state index contributed by atoms with van der Waals surface area (Å²) in [6, 6.07) is 11.6. The molecule has 5 nitrogen and oxygen atoms in total. The highest BCUT2D eigenvalue weighted by molar-refractivity contribution is 5.63. The number of likely N-dealkylation sites (tertiary alicyclic amines) is 1. The molecule has 1 N–H and O–H groups in total. The monoisotopic (exact) mass is 347 g/mol. The Hall–Kier alpha value is -2.54. The fourth-order valence-electron chi connectivity index (χ4n) is 3.19. The van der Waals surface area contributed by atoms with E-state index in [0.29, 0.717) is 6.54 Å². The van der Waals surface area contributed by atoms with Gasteiger partial charge in [-0.25, -0.2) is 8.78 Å². The van der Waals surface area contributed by atoms with Crippen LogP contribution in [0.25, 0.3) is 0 Å².